The van der Waals surface area contributed by atoms with E-state index in [4.69, 9.17) is 5.11 Å². The Morgan fingerprint density at radius 3 is 2.48 bits per heavy atom. The molecule has 0 bridgehead atoms. The fourth-order valence-corrected chi connectivity index (χ4v) is 4.30. The summed E-state index contributed by atoms with van der Waals surface area (Å²) in [5, 5.41) is 9.10. The van der Waals surface area contributed by atoms with Gasteiger partial charge >= 0.3 is 5.97 Å². The zero-order chi connectivity index (χ0) is 15.8. The van der Waals surface area contributed by atoms with Crippen LogP contribution in [0.1, 0.15) is 23.6 Å². The predicted octanol–water partition coefficient (Wildman–Crippen LogP) is 1.79. The lowest BCUT2D eigenvalue weighted by atomic mass is 9.99. The van der Waals surface area contributed by atoms with E-state index in [1.165, 1.54) is 4.31 Å². The first kappa shape index (κ1) is 16.0. The highest BCUT2D eigenvalue weighted by Crippen LogP contribution is 2.27. The Hall–Kier alpha value is -1.40. The van der Waals surface area contributed by atoms with E-state index in [-0.39, 0.29) is 24.8 Å². The predicted molar refractivity (Wildman–Crippen MR) is 80.4 cm³/mol. The summed E-state index contributed by atoms with van der Waals surface area (Å²) >= 11 is 0. The molecule has 116 valence electrons. The Balaban J connectivity index is 2.16. The molecule has 1 N–H and O–H groups in total. The molecular weight excluding hydrogens is 290 g/mol. The normalized spacial score (nSPS) is 23.4. The Bertz CT molecular complexity index is 654. The van der Waals surface area contributed by atoms with E-state index in [0.29, 0.717) is 0 Å². The van der Waals surface area contributed by atoms with Crippen molar-refractivity contribution in [2.24, 2.45) is 11.8 Å². The topological polar surface area (TPSA) is 74.7 Å². The van der Waals surface area contributed by atoms with E-state index in [1.807, 2.05) is 32.0 Å². The van der Waals surface area contributed by atoms with Crippen molar-refractivity contribution in [3.63, 3.8) is 0 Å². The van der Waals surface area contributed by atoms with Crippen molar-refractivity contribution in [3.8, 4) is 0 Å². The average Bonchev–Trinajstić information content (AvgIpc) is 2.77. The molecule has 1 fully saturated rings. The number of hydrogen-bond acceptors (Lipinski definition) is 3. The van der Waals surface area contributed by atoms with Gasteiger partial charge in [-0.1, -0.05) is 25.1 Å². The second-order valence-corrected chi connectivity index (χ2v) is 7.88. The molecule has 1 aromatic rings. The van der Waals surface area contributed by atoms with Crippen LogP contribution in [-0.4, -0.2) is 36.9 Å². The summed E-state index contributed by atoms with van der Waals surface area (Å²) < 4.78 is 26.2. The van der Waals surface area contributed by atoms with Gasteiger partial charge in [0.05, 0.1) is 11.7 Å². The van der Waals surface area contributed by atoms with Gasteiger partial charge in [0.1, 0.15) is 0 Å². The summed E-state index contributed by atoms with van der Waals surface area (Å²) in [6.45, 7) is 6.06. The van der Waals surface area contributed by atoms with E-state index in [2.05, 4.69) is 0 Å². The number of nitrogens with zero attached hydrogens (tertiary/aromatic N) is 1. The number of carbonyl (C=O) groups is 1. The van der Waals surface area contributed by atoms with Gasteiger partial charge in [-0.15, -0.1) is 0 Å². The minimum absolute atomic E-state index is 0.0731. The molecule has 0 aromatic heterocycles. The number of hydrogen-bond donors (Lipinski definition) is 1. The van der Waals surface area contributed by atoms with Crippen molar-refractivity contribution in [2.75, 3.05) is 13.1 Å². The molecular formula is C15H21NO4S. The van der Waals surface area contributed by atoms with E-state index in [9.17, 15) is 13.2 Å². The van der Waals surface area contributed by atoms with Gasteiger partial charge in [0.2, 0.25) is 10.0 Å². The first-order valence-corrected chi connectivity index (χ1v) is 8.58. The maximum atomic E-state index is 12.4. The second-order valence-electron chi connectivity index (χ2n) is 5.91. The van der Waals surface area contributed by atoms with Crippen LogP contribution in [0.2, 0.25) is 0 Å². The molecule has 0 aliphatic carbocycles. The average molecular weight is 311 g/mol. The van der Waals surface area contributed by atoms with Crippen LogP contribution in [0.5, 0.6) is 0 Å². The second kappa shape index (κ2) is 5.77. The van der Waals surface area contributed by atoms with Crippen LogP contribution in [0.4, 0.5) is 0 Å². The summed E-state index contributed by atoms with van der Waals surface area (Å²) in [6, 6.07) is 5.60. The van der Waals surface area contributed by atoms with Crippen molar-refractivity contribution in [1.29, 1.82) is 0 Å². The number of aliphatic carboxylic acids is 1. The number of sulfonamides is 1. The minimum Gasteiger partial charge on any atom is -0.481 e. The van der Waals surface area contributed by atoms with Crippen molar-refractivity contribution in [3.05, 3.63) is 34.9 Å². The van der Waals surface area contributed by atoms with Gasteiger partial charge in [0.25, 0.3) is 0 Å². The molecule has 2 rings (SSSR count). The molecule has 1 aromatic carbocycles. The van der Waals surface area contributed by atoms with Crippen LogP contribution in [0.15, 0.2) is 18.2 Å². The highest BCUT2D eigenvalue weighted by molar-refractivity contribution is 7.88. The SMILES string of the molecule is Cc1ccc(CS(=O)(=O)N2C[C@@H](C)[C@H](C(=O)O)C2)cc1C. The smallest absolute Gasteiger partial charge is 0.308 e. The summed E-state index contributed by atoms with van der Waals surface area (Å²) in [4.78, 5) is 11.1. The van der Waals surface area contributed by atoms with Crippen molar-refractivity contribution >= 4 is 16.0 Å². The van der Waals surface area contributed by atoms with Crippen molar-refractivity contribution in [2.45, 2.75) is 26.5 Å². The van der Waals surface area contributed by atoms with Crippen LogP contribution in [0.25, 0.3) is 0 Å². The first-order chi connectivity index (χ1) is 9.70. The van der Waals surface area contributed by atoms with E-state index in [1.54, 1.807) is 6.92 Å². The molecule has 0 unspecified atom stereocenters. The Morgan fingerprint density at radius 2 is 1.95 bits per heavy atom. The molecule has 5 nitrogen and oxygen atoms in total. The monoisotopic (exact) mass is 311 g/mol. The lowest BCUT2D eigenvalue weighted by molar-refractivity contribution is -0.142. The third kappa shape index (κ3) is 3.44. The maximum Gasteiger partial charge on any atom is 0.308 e. The Labute approximate surface area is 125 Å². The summed E-state index contributed by atoms with van der Waals surface area (Å²) in [5.41, 5.74) is 2.92. The number of aryl methyl sites for hydroxylation is 2. The summed E-state index contributed by atoms with van der Waals surface area (Å²) in [5.74, 6) is -1.77. The van der Waals surface area contributed by atoms with E-state index >= 15 is 0 Å². The molecule has 0 amide bonds. The van der Waals surface area contributed by atoms with Gasteiger partial charge < -0.3 is 5.11 Å². The number of carboxylic acid groups (broad SMARTS) is 1. The summed E-state index contributed by atoms with van der Waals surface area (Å²) in [6.07, 6.45) is 0. The lowest BCUT2D eigenvalue weighted by Crippen LogP contribution is -2.31. The molecule has 6 heteroatoms. The molecule has 1 aliphatic rings. The zero-order valence-electron chi connectivity index (χ0n) is 12.5. The van der Waals surface area contributed by atoms with Crippen LogP contribution >= 0.6 is 0 Å². The van der Waals surface area contributed by atoms with E-state index in [0.717, 1.165) is 16.7 Å². The molecule has 2 atom stereocenters. The first-order valence-electron chi connectivity index (χ1n) is 6.97. The number of carboxylic acids is 1. The van der Waals surface area contributed by atoms with Gasteiger partial charge in [-0.2, -0.15) is 0 Å². The largest absolute Gasteiger partial charge is 0.481 e. The van der Waals surface area contributed by atoms with Gasteiger partial charge in [0, 0.05) is 13.1 Å². The minimum atomic E-state index is -3.47. The lowest BCUT2D eigenvalue weighted by Gasteiger charge is -2.16. The molecule has 0 saturated carbocycles. The molecule has 0 spiro atoms. The quantitative estimate of drug-likeness (QED) is 0.920. The maximum absolute atomic E-state index is 12.4. The van der Waals surface area contributed by atoms with Crippen molar-refractivity contribution in [1.82, 2.24) is 4.31 Å². The van der Waals surface area contributed by atoms with Gasteiger partial charge in [-0.05, 0) is 36.5 Å². The van der Waals surface area contributed by atoms with Crippen LogP contribution < -0.4 is 0 Å². The number of rotatable bonds is 4. The molecule has 1 heterocycles. The molecule has 1 aliphatic heterocycles. The number of benzene rings is 1. The molecule has 0 radical (unpaired) electrons. The van der Waals surface area contributed by atoms with Crippen LogP contribution in [0, 0.1) is 25.7 Å². The fraction of sp³-hybridized carbons (Fsp3) is 0.533. The third-order valence-electron chi connectivity index (χ3n) is 4.21. The van der Waals surface area contributed by atoms with Gasteiger partial charge in [0.15, 0.2) is 0 Å². The molecule has 21 heavy (non-hydrogen) atoms. The highest BCUT2D eigenvalue weighted by atomic mass is 32.2. The van der Waals surface area contributed by atoms with Crippen LogP contribution in [-0.2, 0) is 20.6 Å². The Kier molecular flexibility index (Phi) is 4.39. The van der Waals surface area contributed by atoms with Gasteiger partial charge in [-0.3, -0.25) is 4.79 Å². The highest BCUT2D eigenvalue weighted by Gasteiger charge is 2.39. The summed E-state index contributed by atoms with van der Waals surface area (Å²) in [7, 11) is -3.47. The molecule has 1 saturated heterocycles. The van der Waals surface area contributed by atoms with Crippen molar-refractivity contribution < 1.29 is 18.3 Å². The Morgan fingerprint density at radius 1 is 1.29 bits per heavy atom. The zero-order valence-corrected chi connectivity index (χ0v) is 13.4. The van der Waals surface area contributed by atoms with Crippen LogP contribution in [0.3, 0.4) is 0 Å². The fourth-order valence-electron chi connectivity index (χ4n) is 2.67. The third-order valence-corrected chi connectivity index (χ3v) is 5.99. The standard InChI is InChI=1S/C15H21NO4S/c1-10-4-5-13(6-11(10)2)9-21(19,20)16-7-12(3)14(8-16)15(17)18/h4-6,12,14H,7-9H2,1-3H3,(H,17,18)/t12-,14-/m1/s1. The van der Waals surface area contributed by atoms with E-state index < -0.39 is 21.9 Å². The van der Waals surface area contributed by atoms with Gasteiger partial charge in [-0.25, -0.2) is 12.7 Å².